The molecule has 3 aliphatic rings. The molecule has 9 rings (SSSR count). The summed E-state index contributed by atoms with van der Waals surface area (Å²) in [7, 11) is -21.5. The van der Waals surface area contributed by atoms with Crippen molar-refractivity contribution in [2.75, 3.05) is 37.0 Å². The minimum absolute atomic E-state index is 0.00855. The van der Waals surface area contributed by atoms with Gasteiger partial charge in [-0.1, -0.05) is 0 Å². The van der Waals surface area contributed by atoms with Gasteiger partial charge in [0, 0.05) is 0 Å². The number of ether oxygens (including phenoxy) is 3. The minimum Gasteiger partial charge on any atom is -0.387 e. The summed E-state index contributed by atoms with van der Waals surface area (Å²) in [5.41, 5.74) is 17.6. The Morgan fingerprint density at radius 3 is 1.08 bits per heavy atom. The van der Waals surface area contributed by atoms with Crippen LogP contribution in [0.25, 0.3) is 33.5 Å². The molecule has 0 saturated carbocycles. The van der Waals surface area contributed by atoms with Crippen LogP contribution in [0.2, 0.25) is 0 Å². The van der Waals surface area contributed by atoms with E-state index in [1.165, 1.54) is 0 Å². The van der Waals surface area contributed by atoms with Gasteiger partial charge in [0.1, 0.15) is 90.5 Å². The van der Waals surface area contributed by atoms with Gasteiger partial charge in [-0.2, -0.15) is 0 Å². The lowest BCUT2D eigenvalue weighted by Gasteiger charge is -2.25. The Bertz CT molecular complexity index is 3140. The van der Waals surface area contributed by atoms with Crippen LogP contribution in [0.1, 0.15) is 18.7 Å². The molecule has 0 spiro atoms. The Morgan fingerprint density at radius 1 is 0.465 bits per heavy atom. The van der Waals surface area contributed by atoms with Crippen molar-refractivity contribution >= 4 is 82.2 Å². The number of nitrogen functional groups attached to an aromatic ring is 3. The third-order valence-electron chi connectivity index (χ3n) is 10.9. The Labute approximate surface area is 393 Å². The summed E-state index contributed by atoms with van der Waals surface area (Å²) in [6, 6.07) is 0. The highest BCUT2D eigenvalue weighted by Gasteiger charge is 2.54. The van der Waals surface area contributed by atoms with Gasteiger partial charge < -0.3 is 76.1 Å². The zero-order chi connectivity index (χ0) is 50.9. The van der Waals surface area contributed by atoms with Crippen LogP contribution in [-0.2, 0) is 59.6 Å². The van der Waals surface area contributed by atoms with Crippen molar-refractivity contribution in [3.05, 3.63) is 38.0 Å². The number of nitrogens with two attached hydrogens (primary N) is 3. The zero-order valence-corrected chi connectivity index (χ0v) is 38.8. The molecule has 2 unspecified atom stereocenters. The Balaban J connectivity index is 0.932. The first-order chi connectivity index (χ1) is 33.4. The summed E-state index contributed by atoms with van der Waals surface area (Å²) in [4.78, 5) is 95.9. The lowest BCUT2D eigenvalue weighted by Crippen LogP contribution is -2.37. The summed E-state index contributed by atoms with van der Waals surface area (Å²) in [6.07, 6.45) is -15.6. The predicted octanol–water partition coefficient (Wildman–Crippen LogP) is -3.38. The number of rotatable bonds is 18. The third kappa shape index (κ3) is 10.6. The molecular weight excluding hydrogens is 1050 g/mol. The summed E-state index contributed by atoms with van der Waals surface area (Å²) in [5.74, 6) is -0.301. The average molecular weight is 1090 g/mol. The van der Waals surface area contributed by atoms with Crippen molar-refractivity contribution in [1.82, 2.24) is 58.6 Å². The van der Waals surface area contributed by atoms with Crippen molar-refractivity contribution in [3.63, 3.8) is 0 Å². The lowest BCUT2D eigenvalue weighted by molar-refractivity contribution is -0.0643. The standard InChI is InChI=1S/C30H39N15O22P4/c31-22-13-25(37-4-34-22)43(7-40-13)28-19(65-69(52,53)54)16(46)11(63-28)2-60-70(55,56)67-21-18(48)12(64-30(21)45-9-42-15-24(33)36-6-39-27(15)45)3-61-71(57,58)66-20-17(47)10(1-59-68(49,50)51)62-29(20)44-8-41-14-23(32)35-5-38-26(14)44/h4-12,16-21,28-30,46-48H,1-3H2,(H,55,56)(H,57,58)(H2,31,34,37)(H2,32,35,38)(H2,33,36,39)(H2,49,50,51)(H2,52,53,54)/t10-,11-,12-,16-,17+,18-,19-,20-,21-,28-,29-,30-/m1/s1. The maximum Gasteiger partial charge on any atom is 0.472 e. The van der Waals surface area contributed by atoms with Crippen LogP contribution in [0.3, 0.4) is 0 Å². The van der Waals surface area contributed by atoms with Crippen LogP contribution in [0, 0.1) is 0 Å². The van der Waals surface area contributed by atoms with Gasteiger partial charge in [0.05, 0.1) is 38.8 Å². The summed E-state index contributed by atoms with van der Waals surface area (Å²) < 4.78 is 102. The van der Waals surface area contributed by atoms with Gasteiger partial charge >= 0.3 is 31.3 Å². The molecule has 6 aromatic rings. The number of hydrogen-bond donors (Lipinski definition) is 12. The highest BCUT2D eigenvalue weighted by atomic mass is 31.2. The molecule has 0 aliphatic carbocycles. The van der Waals surface area contributed by atoms with E-state index < -0.39 is 125 Å². The molecule has 71 heavy (non-hydrogen) atoms. The van der Waals surface area contributed by atoms with Gasteiger partial charge in [0.25, 0.3) is 0 Å². The van der Waals surface area contributed by atoms with Gasteiger partial charge in [-0.25, -0.2) is 63.1 Å². The summed E-state index contributed by atoms with van der Waals surface area (Å²) in [5, 5.41) is 34.0. The van der Waals surface area contributed by atoms with Crippen LogP contribution >= 0.6 is 31.3 Å². The van der Waals surface area contributed by atoms with Crippen LogP contribution in [0.5, 0.6) is 0 Å². The highest BCUT2D eigenvalue weighted by molar-refractivity contribution is 7.47. The monoisotopic (exact) mass is 1090 g/mol. The number of anilines is 3. The molecule has 3 saturated heterocycles. The van der Waals surface area contributed by atoms with Crippen molar-refractivity contribution in [2.45, 2.75) is 73.6 Å². The molecule has 6 aromatic heterocycles. The fourth-order valence-electron chi connectivity index (χ4n) is 7.78. The number of phosphoric ester groups is 4. The Morgan fingerprint density at radius 2 is 0.775 bits per heavy atom. The average Bonchev–Trinajstić information content (AvgIpc) is 4.15. The van der Waals surface area contributed by atoms with Gasteiger partial charge in [0.15, 0.2) is 53.1 Å². The molecule has 9 heterocycles. The van der Waals surface area contributed by atoms with Crippen LogP contribution in [0.4, 0.5) is 17.5 Å². The molecular formula is C30H39N15O22P4. The Hall–Kier alpha value is -4.75. The number of aliphatic hydroxyl groups excluding tert-OH is 3. The summed E-state index contributed by atoms with van der Waals surface area (Å²) in [6.45, 7) is -3.11. The quantitative estimate of drug-likeness (QED) is 0.0374. The number of aromatic nitrogens is 12. The van der Waals surface area contributed by atoms with E-state index in [0.717, 1.165) is 51.7 Å². The molecule has 0 bridgehead atoms. The minimum atomic E-state index is -5.50. The fraction of sp³-hybridized carbons (Fsp3) is 0.500. The second-order valence-electron chi connectivity index (χ2n) is 15.4. The SMILES string of the molecule is Nc1ncnc2c1ncn2[C@@H]1O[C@H](COP(=O)(O)O)[C@H](O)[C@H]1OP(=O)(O)OC[C@H]1O[C@@H](n2cnc3c(N)ncnc32)[C@H](OP(=O)(O)OC[C@H]2O[C@@H](n3cnc4c(N)ncnc43)[C@H](OP(=O)(O)O)[C@@H]2O)[C@@H]1O. The lowest BCUT2D eigenvalue weighted by atomic mass is 10.1. The van der Waals surface area contributed by atoms with Gasteiger partial charge in [0.2, 0.25) is 0 Å². The third-order valence-corrected chi connectivity index (χ3v) is 13.9. The molecule has 3 fully saturated rings. The smallest absolute Gasteiger partial charge is 0.387 e. The molecule has 0 amide bonds. The van der Waals surface area contributed by atoms with Crippen LogP contribution in [0.15, 0.2) is 38.0 Å². The molecule has 37 nitrogen and oxygen atoms in total. The molecule has 3 aliphatic heterocycles. The predicted molar refractivity (Wildman–Crippen MR) is 225 cm³/mol. The van der Waals surface area contributed by atoms with E-state index in [-0.39, 0.29) is 50.9 Å². The molecule has 15 N–H and O–H groups in total. The largest absolute Gasteiger partial charge is 0.472 e. The first-order valence-corrected chi connectivity index (χ1v) is 26.0. The second-order valence-corrected chi connectivity index (χ2v) is 20.7. The van der Waals surface area contributed by atoms with Crippen molar-refractivity contribution < 1.29 is 104 Å². The van der Waals surface area contributed by atoms with Crippen molar-refractivity contribution in [2.24, 2.45) is 0 Å². The fourth-order valence-corrected chi connectivity index (χ4v) is 10.5. The number of aliphatic hydroxyl groups is 3. The van der Waals surface area contributed by atoms with Crippen molar-refractivity contribution in [1.29, 1.82) is 0 Å². The van der Waals surface area contributed by atoms with Gasteiger partial charge in [-0.15, -0.1) is 0 Å². The first-order valence-electron chi connectivity index (χ1n) is 19.9. The number of hydrogen-bond acceptors (Lipinski definition) is 28. The normalized spacial score (nSPS) is 30.2. The van der Waals surface area contributed by atoms with E-state index in [2.05, 4.69) is 49.4 Å². The van der Waals surface area contributed by atoms with Gasteiger partial charge in [-0.05, 0) is 0 Å². The van der Waals surface area contributed by atoms with E-state index in [1.54, 1.807) is 0 Å². The number of fused-ring (bicyclic) bond motifs is 3. The molecule has 14 atom stereocenters. The zero-order valence-electron chi connectivity index (χ0n) is 35.2. The maximum absolute atomic E-state index is 13.7. The highest BCUT2D eigenvalue weighted by Crippen LogP contribution is 2.54. The second kappa shape index (κ2) is 19.3. The van der Waals surface area contributed by atoms with E-state index in [0.29, 0.717) is 0 Å². The topological polar surface area (TPSA) is 542 Å². The number of imidazole rings is 3. The van der Waals surface area contributed by atoms with Crippen LogP contribution in [-0.4, -0.2) is 178 Å². The van der Waals surface area contributed by atoms with Gasteiger partial charge in [-0.3, -0.25) is 40.8 Å². The molecule has 41 heteroatoms. The van der Waals surface area contributed by atoms with E-state index >= 15 is 0 Å². The van der Waals surface area contributed by atoms with E-state index in [1.807, 2.05) is 0 Å². The molecule has 0 radical (unpaired) electrons. The Kier molecular flexibility index (Phi) is 13.9. The number of nitrogens with zero attached hydrogens (tertiary/aromatic N) is 12. The maximum atomic E-state index is 13.7. The molecule has 0 aromatic carbocycles. The number of phosphoric acid groups is 4. The first kappa shape index (κ1) is 51.2. The van der Waals surface area contributed by atoms with E-state index in [9.17, 15) is 62.9 Å². The van der Waals surface area contributed by atoms with Crippen LogP contribution < -0.4 is 17.2 Å². The molecule has 386 valence electrons. The summed E-state index contributed by atoms with van der Waals surface area (Å²) >= 11 is 0. The van der Waals surface area contributed by atoms with Crippen molar-refractivity contribution in [3.8, 4) is 0 Å². The van der Waals surface area contributed by atoms with E-state index in [4.69, 9.17) is 54.0 Å².